The Hall–Kier alpha value is -2.49. The second-order valence-corrected chi connectivity index (χ2v) is 6.22. The van der Waals surface area contributed by atoms with E-state index < -0.39 is 0 Å². The highest BCUT2D eigenvalue weighted by atomic mass is 35.5. The van der Waals surface area contributed by atoms with Crippen LogP contribution in [-0.2, 0) is 6.61 Å². The number of carbonyl (C=O) groups excluding carboxylic acids is 1. The largest absolute Gasteiger partial charge is 0.489 e. The summed E-state index contributed by atoms with van der Waals surface area (Å²) in [5, 5.41) is 4.02. The normalized spacial score (nSPS) is 10.3. The van der Waals surface area contributed by atoms with Crippen LogP contribution in [0.5, 0.6) is 5.75 Å². The lowest BCUT2D eigenvalue weighted by Gasteiger charge is -2.10. The van der Waals surface area contributed by atoms with Gasteiger partial charge in [0.1, 0.15) is 12.4 Å². The highest BCUT2D eigenvalue weighted by molar-refractivity contribution is 6.31. The third-order valence-electron chi connectivity index (χ3n) is 3.53. The van der Waals surface area contributed by atoms with Crippen LogP contribution in [0.2, 0.25) is 10.0 Å². The maximum Gasteiger partial charge on any atom is 0.255 e. The molecule has 0 saturated heterocycles. The third kappa shape index (κ3) is 4.75. The summed E-state index contributed by atoms with van der Waals surface area (Å²) in [7, 11) is 0. The average molecular weight is 372 g/mol. The number of anilines is 1. The van der Waals surface area contributed by atoms with Crippen molar-refractivity contribution in [3.8, 4) is 5.75 Å². The lowest BCUT2D eigenvalue weighted by atomic mass is 10.2. The molecule has 0 atom stereocenters. The van der Waals surface area contributed by atoms with Crippen LogP contribution in [0.4, 0.5) is 5.69 Å². The van der Waals surface area contributed by atoms with E-state index in [9.17, 15) is 4.79 Å². The summed E-state index contributed by atoms with van der Waals surface area (Å²) in [4.78, 5) is 12.4. The number of halogens is 2. The standard InChI is InChI=1S/C20H15Cl2NO2/c21-16-7-4-8-17(12-16)23-20(24)14-6-3-9-18(11-14)25-13-15-5-1-2-10-19(15)22/h1-12H,13H2,(H,23,24). The maximum atomic E-state index is 12.4. The molecule has 0 saturated carbocycles. The number of benzene rings is 3. The minimum Gasteiger partial charge on any atom is -0.489 e. The van der Waals surface area contributed by atoms with Crippen LogP contribution in [0.25, 0.3) is 0 Å². The number of nitrogens with one attached hydrogen (secondary N) is 1. The number of carbonyl (C=O) groups is 1. The molecular formula is C20H15Cl2NO2. The third-order valence-corrected chi connectivity index (χ3v) is 4.13. The molecule has 25 heavy (non-hydrogen) atoms. The van der Waals surface area contributed by atoms with Crippen LogP contribution in [-0.4, -0.2) is 5.91 Å². The Kier molecular flexibility index (Phi) is 5.59. The van der Waals surface area contributed by atoms with Crippen LogP contribution in [0.1, 0.15) is 15.9 Å². The van der Waals surface area contributed by atoms with Crippen molar-refractivity contribution in [3.63, 3.8) is 0 Å². The molecule has 1 N–H and O–H groups in total. The van der Waals surface area contributed by atoms with Gasteiger partial charge >= 0.3 is 0 Å². The maximum absolute atomic E-state index is 12.4. The van der Waals surface area contributed by atoms with E-state index in [1.54, 1.807) is 48.5 Å². The van der Waals surface area contributed by atoms with Crippen molar-refractivity contribution in [2.75, 3.05) is 5.32 Å². The molecule has 5 heteroatoms. The summed E-state index contributed by atoms with van der Waals surface area (Å²) in [5.74, 6) is 0.365. The number of ether oxygens (including phenoxy) is 1. The van der Waals surface area contributed by atoms with Crippen LogP contribution in [0.15, 0.2) is 72.8 Å². The van der Waals surface area contributed by atoms with E-state index in [0.717, 1.165) is 5.56 Å². The molecule has 0 bridgehead atoms. The molecule has 3 aromatic carbocycles. The molecule has 0 aliphatic rings. The summed E-state index contributed by atoms with van der Waals surface area (Å²) >= 11 is 12.1. The van der Waals surface area contributed by atoms with Gasteiger partial charge in [-0.2, -0.15) is 0 Å². The molecule has 0 aliphatic carbocycles. The van der Waals surface area contributed by atoms with Crippen molar-refractivity contribution < 1.29 is 9.53 Å². The molecule has 3 rings (SSSR count). The van der Waals surface area contributed by atoms with Crippen molar-refractivity contribution in [2.24, 2.45) is 0 Å². The second-order valence-electron chi connectivity index (χ2n) is 5.37. The van der Waals surface area contributed by atoms with Gasteiger partial charge in [-0.1, -0.05) is 53.5 Å². The number of amides is 1. The predicted molar refractivity (Wildman–Crippen MR) is 102 cm³/mol. The lowest BCUT2D eigenvalue weighted by Crippen LogP contribution is -2.11. The topological polar surface area (TPSA) is 38.3 Å². The van der Waals surface area contributed by atoms with Crippen LogP contribution >= 0.6 is 23.2 Å². The van der Waals surface area contributed by atoms with Crippen LogP contribution in [0, 0.1) is 0 Å². The van der Waals surface area contributed by atoms with Crippen molar-refractivity contribution in [2.45, 2.75) is 6.61 Å². The molecule has 126 valence electrons. The van der Waals surface area contributed by atoms with Crippen LogP contribution in [0.3, 0.4) is 0 Å². The molecule has 0 aliphatic heterocycles. The molecular weight excluding hydrogens is 357 g/mol. The van der Waals surface area contributed by atoms with Crippen molar-refractivity contribution >= 4 is 34.8 Å². The quantitative estimate of drug-likeness (QED) is 0.612. The van der Waals surface area contributed by atoms with Gasteiger partial charge in [-0.05, 0) is 42.5 Å². The molecule has 1 amide bonds. The fourth-order valence-corrected chi connectivity index (χ4v) is 2.65. The fourth-order valence-electron chi connectivity index (χ4n) is 2.27. The molecule has 0 radical (unpaired) electrons. The van der Waals surface area contributed by atoms with E-state index in [0.29, 0.717) is 33.7 Å². The van der Waals surface area contributed by atoms with Gasteiger partial charge in [-0.15, -0.1) is 0 Å². The van der Waals surface area contributed by atoms with E-state index in [1.807, 2.05) is 24.3 Å². The first-order valence-electron chi connectivity index (χ1n) is 7.65. The Morgan fingerprint density at radius 2 is 1.72 bits per heavy atom. The zero-order valence-corrected chi connectivity index (χ0v) is 14.7. The van der Waals surface area contributed by atoms with Crippen molar-refractivity contribution in [1.29, 1.82) is 0 Å². The average Bonchev–Trinajstić information content (AvgIpc) is 2.61. The predicted octanol–water partition coefficient (Wildman–Crippen LogP) is 5.82. The van der Waals surface area contributed by atoms with E-state index in [-0.39, 0.29) is 5.91 Å². The van der Waals surface area contributed by atoms with E-state index in [4.69, 9.17) is 27.9 Å². The van der Waals surface area contributed by atoms with Gasteiger partial charge in [0.2, 0.25) is 0 Å². The second kappa shape index (κ2) is 8.06. The minimum absolute atomic E-state index is 0.231. The van der Waals surface area contributed by atoms with E-state index >= 15 is 0 Å². The van der Waals surface area contributed by atoms with Gasteiger partial charge in [-0.25, -0.2) is 0 Å². The molecule has 3 aromatic rings. The zero-order chi connectivity index (χ0) is 17.6. The zero-order valence-electron chi connectivity index (χ0n) is 13.2. The molecule has 0 heterocycles. The highest BCUT2D eigenvalue weighted by Crippen LogP contribution is 2.21. The summed E-state index contributed by atoms with van der Waals surface area (Å²) in [5.41, 5.74) is 2.02. The van der Waals surface area contributed by atoms with Gasteiger partial charge < -0.3 is 10.1 Å². The molecule has 0 fully saturated rings. The lowest BCUT2D eigenvalue weighted by molar-refractivity contribution is 0.102. The first-order chi connectivity index (χ1) is 12.1. The monoisotopic (exact) mass is 371 g/mol. The van der Waals surface area contributed by atoms with Gasteiger partial charge in [0, 0.05) is 26.9 Å². The number of hydrogen-bond acceptors (Lipinski definition) is 2. The Balaban J connectivity index is 1.68. The summed E-state index contributed by atoms with van der Waals surface area (Å²) < 4.78 is 5.75. The van der Waals surface area contributed by atoms with Gasteiger partial charge in [0.15, 0.2) is 0 Å². The fraction of sp³-hybridized carbons (Fsp3) is 0.0500. The van der Waals surface area contributed by atoms with E-state index in [2.05, 4.69) is 5.32 Å². The first-order valence-corrected chi connectivity index (χ1v) is 8.40. The Bertz CT molecular complexity index is 896. The Labute approximate surface area is 156 Å². The highest BCUT2D eigenvalue weighted by Gasteiger charge is 2.08. The SMILES string of the molecule is O=C(Nc1cccc(Cl)c1)c1cccc(OCc2ccccc2Cl)c1. The summed E-state index contributed by atoms with van der Waals surface area (Å²) in [6.45, 7) is 0.332. The summed E-state index contributed by atoms with van der Waals surface area (Å²) in [6.07, 6.45) is 0. The first kappa shape index (κ1) is 17.3. The van der Waals surface area contributed by atoms with Crippen molar-refractivity contribution in [3.05, 3.63) is 94.0 Å². The molecule has 3 nitrogen and oxygen atoms in total. The Morgan fingerprint density at radius 1 is 0.920 bits per heavy atom. The number of hydrogen-bond donors (Lipinski definition) is 1. The van der Waals surface area contributed by atoms with E-state index in [1.165, 1.54) is 0 Å². The minimum atomic E-state index is -0.231. The molecule has 0 unspecified atom stereocenters. The van der Waals surface area contributed by atoms with Gasteiger partial charge in [0.25, 0.3) is 5.91 Å². The molecule has 0 aromatic heterocycles. The number of rotatable bonds is 5. The van der Waals surface area contributed by atoms with Gasteiger partial charge in [-0.3, -0.25) is 4.79 Å². The summed E-state index contributed by atoms with van der Waals surface area (Å²) in [6, 6.07) is 21.5. The van der Waals surface area contributed by atoms with Gasteiger partial charge in [0.05, 0.1) is 0 Å². The van der Waals surface area contributed by atoms with Crippen LogP contribution < -0.4 is 10.1 Å². The Morgan fingerprint density at radius 3 is 2.52 bits per heavy atom. The molecule has 0 spiro atoms. The van der Waals surface area contributed by atoms with Crippen molar-refractivity contribution in [1.82, 2.24) is 0 Å². The smallest absolute Gasteiger partial charge is 0.255 e.